The molecule has 0 saturated carbocycles. The van der Waals surface area contributed by atoms with Crippen LogP contribution in [0.1, 0.15) is 32.8 Å². The summed E-state index contributed by atoms with van der Waals surface area (Å²) >= 11 is 0. The van der Waals surface area contributed by atoms with Crippen molar-refractivity contribution in [3.05, 3.63) is 18.0 Å². The molecule has 0 aliphatic carbocycles. The van der Waals surface area contributed by atoms with Gasteiger partial charge in [-0.2, -0.15) is 0 Å². The zero-order valence-electron chi connectivity index (χ0n) is 11.4. The fourth-order valence-electron chi connectivity index (χ4n) is 2.10. The van der Waals surface area contributed by atoms with Crippen molar-refractivity contribution in [1.82, 2.24) is 14.9 Å². The summed E-state index contributed by atoms with van der Waals surface area (Å²) in [7, 11) is 0. The van der Waals surface area contributed by atoms with E-state index in [1.54, 1.807) is 12.4 Å². The lowest BCUT2D eigenvalue weighted by Gasteiger charge is -2.32. The van der Waals surface area contributed by atoms with Gasteiger partial charge in [0.05, 0.1) is 6.04 Å². The molecule has 0 aromatic carbocycles. The summed E-state index contributed by atoms with van der Waals surface area (Å²) in [6.07, 6.45) is 4.05. The lowest BCUT2D eigenvalue weighted by atomic mass is 10.1. The van der Waals surface area contributed by atoms with Crippen LogP contribution in [0.2, 0.25) is 0 Å². The van der Waals surface area contributed by atoms with Crippen LogP contribution in [0.4, 0.5) is 5.95 Å². The van der Waals surface area contributed by atoms with E-state index < -0.39 is 0 Å². The van der Waals surface area contributed by atoms with Gasteiger partial charge >= 0.3 is 0 Å². The van der Waals surface area contributed by atoms with Crippen LogP contribution in [0, 0.1) is 6.92 Å². The molecule has 0 radical (unpaired) electrons. The maximum atomic E-state index is 11.9. The number of likely N-dealkylation sites (tertiary alicyclic amines) is 1. The number of amides is 1. The molecular weight excluding hydrogens is 228 g/mol. The van der Waals surface area contributed by atoms with Crippen molar-refractivity contribution in [2.75, 3.05) is 11.9 Å². The van der Waals surface area contributed by atoms with Gasteiger partial charge in [-0.05, 0) is 33.3 Å². The molecule has 2 rings (SSSR count). The Morgan fingerprint density at radius 2 is 1.94 bits per heavy atom. The van der Waals surface area contributed by atoms with Crippen molar-refractivity contribution < 1.29 is 4.79 Å². The smallest absolute Gasteiger partial charge is 0.225 e. The molecule has 1 aliphatic rings. The predicted molar refractivity (Wildman–Crippen MR) is 70.3 cm³/mol. The molecule has 1 aromatic heterocycles. The molecule has 1 atom stereocenters. The Morgan fingerprint density at radius 1 is 1.33 bits per heavy atom. The average molecular weight is 248 g/mol. The van der Waals surface area contributed by atoms with E-state index in [0.717, 1.165) is 5.56 Å². The molecule has 1 amide bonds. The van der Waals surface area contributed by atoms with Crippen LogP contribution in [0.5, 0.6) is 0 Å². The molecule has 5 heteroatoms. The number of hydrogen-bond donors (Lipinski definition) is 1. The summed E-state index contributed by atoms with van der Waals surface area (Å²) in [5, 5.41) is 3.22. The number of carbonyl (C=O) groups is 1. The second-order valence-corrected chi connectivity index (χ2v) is 5.80. The van der Waals surface area contributed by atoms with Gasteiger partial charge in [-0.15, -0.1) is 0 Å². The fourth-order valence-corrected chi connectivity index (χ4v) is 2.10. The van der Waals surface area contributed by atoms with E-state index in [-0.39, 0.29) is 17.5 Å². The maximum Gasteiger partial charge on any atom is 0.225 e. The molecule has 1 aliphatic heterocycles. The zero-order valence-corrected chi connectivity index (χ0v) is 11.4. The Balaban J connectivity index is 2.01. The number of hydrogen-bond acceptors (Lipinski definition) is 4. The molecule has 0 bridgehead atoms. The summed E-state index contributed by atoms with van der Waals surface area (Å²) in [5.74, 6) is 0.779. The Morgan fingerprint density at radius 3 is 2.44 bits per heavy atom. The van der Waals surface area contributed by atoms with Gasteiger partial charge in [0, 0.05) is 30.9 Å². The topological polar surface area (TPSA) is 58.1 Å². The van der Waals surface area contributed by atoms with Crippen LogP contribution >= 0.6 is 0 Å². The number of aryl methyl sites for hydroxylation is 1. The van der Waals surface area contributed by atoms with Gasteiger partial charge in [-0.3, -0.25) is 4.79 Å². The largest absolute Gasteiger partial charge is 0.349 e. The predicted octanol–water partition coefficient (Wildman–Crippen LogP) is 1.60. The summed E-state index contributed by atoms with van der Waals surface area (Å²) in [6, 6.07) is 0.0967. The summed E-state index contributed by atoms with van der Waals surface area (Å²) in [6.45, 7) is 8.81. The highest BCUT2D eigenvalue weighted by atomic mass is 16.2. The monoisotopic (exact) mass is 248 g/mol. The summed E-state index contributed by atoms with van der Waals surface area (Å²) in [5.41, 5.74) is 0.904. The van der Waals surface area contributed by atoms with Gasteiger partial charge < -0.3 is 10.2 Å². The van der Waals surface area contributed by atoms with Gasteiger partial charge in [0.15, 0.2) is 0 Å². The molecule has 5 nitrogen and oxygen atoms in total. The number of anilines is 1. The quantitative estimate of drug-likeness (QED) is 0.863. The summed E-state index contributed by atoms with van der Waals surface area (Å²) in [4.78, 5) is 22.2. The lowest BCUT2D eigenvalue weighted by Crippen LogP contribution is -2.43. The van der Waals surface area contributed by atoms with Gasteiger partial charge in [-0.1, -0.05) is 0 Å². The van der Waals surface area contributed by atoms with Gasteiger partial charge in [0.25, 0.3) is 0 Å². The minimum absolute atomic E-state index is 0.0967. The normalized spacial score (nSPS) is 20.3. The molecule has 1 aromatic rings. The number of rotatable bonds is 2. The van der Waals surface area contributed by atoms with Crippen molar-refractivity contribution in [2.24, 2.45) is 0 Å². The summed E-state index contributed by atoms with van der Waals surface area (Å²) < 4.78 is 0. The van der Waals surface area contributed by atoms with Crippen molar-refractivity contribution in [1.29, 1.82) is 0 Å². The molecular formula is C13H20N4O. The number of nitrogens with one attached hydrogen (secondary N) is 1. The molecule has 98 valence electrons. The van der Waals surface area contributed by atoms with Gasteiger partial charge in [0.1, 0.15) is 0 Å². The van der Waals surface area contributed by atoms with E-state index >= 15 is 0 Å². The van der Waals surface area contributed by atoms with Crippen LogP contribution in [-0.4, -0.2) is 38.9 Å². The van der Waals surface area contributed by atoms with Crippen LogP contribution in [0.25, 0.3) is 0 Å². The van der Waals surface area contributed by atoms with Gasteiger partial charge in [-0.25, -0.2) is 9.97 Å². The van der Waals surface area contributed by atoms with E-state index in [1.807, 2.05) is 11.8 Å². The molecule has 1 fully saturated rings. The number of carbonyl (C=O) groups excluding carboxylic acids is 1. The second kappa shape index (κ2) is 4.55. The first-order valence-corrected chi connectivity index (χ1v) is 6.22. The SMILES string of the molecule is Cc1cnc(NC2CC(=O)N(C(C)(C)C)C2)nc1. The first kappa shape index (κ1) is 12.8. The van der Waals surface area contributed by atoms with Crippen molar-refractivity contribution in [2.45, 2.75) is 45.7 Å². The molecule has 1 saturated heterocycles. The molecule has 1 N–H and O–H groups in total. The number of nitrogens with zero attached hydrogens (tertiary/aromatic N) is 3. The van der Waals surface area contributed by atoms with Crippen LogP contribution in [0.15, 0.2) is 12.4 Å². The van der Waals surface area contributed by atoms with E-state index in [1.165, 1.54) is 0 Å². The third-order valence-electron chi connectivity index (χ3n) is 3.05. The Labute approximate surface area is 108 Å². The van der Waals surface area contributed by atoms with Crippen molar-refractivity contribution in [3.8, 4) is 0 Å². The van der Waals surface area contributed by atoms with E-state index in [0.29, 0.717) is 18.9 Å². The average Bonchev–Trinajstić information content (AvgIpc) is 2.63. The molecule has 2 heterocycles. The molecule has 18 heavy (non-hydrogen) atoms. The maximum absolute atomic E-state index is 11.9. The van der Waals surface area contributed by atoms with Gasteiger partial charge in [0.2, 0.25) is 11.9 Å². The third-order valence-corrected chi connectivity index (χ3v) is 3.05. The Hall–Kier alpha value is -1.65. The lowest BCUT2D eigenvalue weighted by molar-refractivity contribution is -0.131. The molecule has 1 unspecified atom stereocenters. The highest BCUT2D eigenvalue weighted by molar-refractivity contribution is 5.80. The number of aromatic nitrogens is 2. The van der Waals surface area contributed by atoms with Crippen molar-refractivity contribution >= 4 is 11.9 Å². The van der Waals surface area contributed by atoms with E-state index in [4.69, 9.17) is 0 Å². The van der Waals surface area contributed by atoms with Crippen LogP contribution in [-0.2, 0) is 4.79 Å². The van der Waals surface area contributed by atoms with Crippen LogP contribution in [0.3, 0.4) is 0 Å². The van der Waals surface area contributed by atoms with Crippen LogP contribution < -0.4 is 5.32 Å². The Bertz CT molecular complexity index is 435. The minimum atomic E-state index is -0.123. The standard InChI is InChI=1S/C13H20N4O/c1-9-6-14-12(15-7-9)16-10-5-11(18)17(8-10)13(2,3)4/h6-7,10H,5,8H2,1-4H3,(H,14,15,16). The first-order valence-electron chi connectivity index (χ1n) is 6.22. The first-order chi connectivity index (χ1) is 8.36. The second-order valence-electron chi connectivity index (χ2n) is 5.80. The highest BCUT2D eigenvalue weighted by Crippen LogP contribution is 2.23. The molecule has 0 spiro atoms. The van der Waals surface area contributed by atoms with Crippen molar-refractivity contribution in [3.63, 3.8) is 0 Å². The highest BCUT2D eigenvalue weighted by Gasteiger charge is 2.36. The van der Waals surface area contributed by atoms with E-state index in [9.17, 15) is 4.79 Å². The van der Waals surface area contributed by atoms with E-state index in [2.05, 4.69) is 36.1 Å². The Kier molecular flexibility index (Phi) is 3.24. The third kappa shape index (κ3) is 2.78. The minimum Gasteiger partial charge on any atom is -0.349 e. The fraction of sp³-hybridized carbons (Fsp3) is 0.615. The zero-order chi connectivity index (χ0) is 13.3.